The summed E-state index contributed by atoms with van der Waals surface area (Å²) in [5, 5.41) is 4.77. The number of aromatic nitrogens is 1. The standard InChI is InChI=1S/C15H15N3OS/c1-11-4-5-12(3-2-6-16)7-14(11)15(19)17-8-13-9-20-10-18-13/h4-5,7,9-10H,6,8,16H2,1H3,(H,17,19). The van der Waals surface area contributed by atoms with Crippen LogP contribution in [0.25, 0.3) is 0 Å². The van der Waals surface area contributed by atoms with E-state index in [1.165, 1.54) is 11.3 Å². The van der Waals surface area contributed by atoms with Crippen LogP contribution in [-0.2, 0) is 6.54 Å². The summed E-state index contributed by atoms with van der Waals surface area (Å²) >= 11 is 1.51. The molecule has 0 unspecified atom stereocenters. The van der Waals surface area contributed by atoms with E-state index in [1.54, 1.807) is 11.6 Å². The first-order valence-electron chi connectivity index (χ1n) is 6.15. The van der Waals surface area contributed by atoms with Crippen LogP contribution in [0.15, 0.2) is 29.1 Å². The maximum absolute atomic E-state index is 12.2. The quantitative estimate of drug-likeness (QED) is 0.843. The number of rotatable bonds is 3. The van der Waals surface area contributed by atoms with Crippen LogP contribution in [0.5, 0.6) is 0 Å². The summed E-state index contributed by atoms with van der Waals surface area (Å²) < 4.78 is 0. The molecule has 1 amide bonds. The Labute approximate surface area is 122 Å². The van der Waals surface area contributed by atoms with Crippen molar-refractivity contribution in [3.63, 3.8) is 0 Å². The lowest BCUT2D eigenvalue weighted by Crippen LogP contribution is -2.23. The smallest absolute Gasteiger partial charge is 0.251 e. The Morgan fingerprint density at radius 3 is 3.05 bits per heavy atom. The summed E-state index contributed by atoms with van der Waals surface area (Å²) in [6.45, 7) is 2.64. The van der Waals surface area contributed by atoms with Crippen molar-refractivity contribution in [1.29, 1.82) is 0 Å². The molecule has 0 bridgehead atoms. The van der Waals surface area contributed by atoms with Gasteiger partial charge in [0.15, 0.2) is 0 Å². The van der Waals surface area contributed by atoms with Crippen LogP contribution in [-0.4, -0.2) is 17.4 Å². The third-order valence-corrected chi connectivity index (χ3v) is 3.37. The number of nitrogens with zero attached hydrogens (tertiary/aromatic N) is 1. The molecule has 5 heteroatoms. The van der Waals surface area contributed by atoms with Crippen LogP contribution in [0.3, 0.4) is 0 Å². The Balaban J connectivity index is 2.12. The van der Waals surface area contributed by atoms with Crippen molar-refractivity contribution >= 4 is 17.2 Å². The molecular weight excluding hydrogens is 270 g/mol. The van der Waals surface area contributed by atoms with E-state index < -0.39 is 0 Å². The zero-order valence-corrected chi connectivity index (χ0v) is 12.0. The van der Waals surface area contributed by atoms with Crippen LogP contribution in [0.1, 0.15) is 27.2 Å². The number of amides is 1. The van der Waals surface area contributed by atoms with Gasteiger partial charge in [0.1, 0.15) is 0 Å². The molecule has 0 aliphatic heterocycles. The summed E-state index contributed by atoms with van der Waals surface area (Å²) in [5.41, 5.74) is 10.3. The van der Waals surface area contributed by atoms with E-state index >= 15 is 0 Å². The van der Waals surface area contributed by atoms with Crippen molar-refractivity contribution in [1.82, 2.24) is 10.3 Å². The fourth-order valence-corrected chi connectivity index (χ4v) is 2.25. The third-order valence-electron chi connectivity index (χ3n) is 2.73. The van der Waals surface area contributed by atoms with E-state index in [-0.39, 0.29) is 5.91 Å². The van der Waals surface area contributed by atoms with Crippen molar-refractivity contribution in [3.05, 3.63) is 51.5 Å². The van der Waals surface area contributed by atoms with Crippen molar-refractivity contribution < 1.29 is 4.79 Å². The monoisotopic (exact) mass is 285 g/mol. The number of carbonyl (C=O) groups is 1. The summed E-state index contributed by atoms with van der Waals surface area (Å²) in [7, 11) is 0. The number of carbonyl (C=O) groups excluding carboxylic acids is 1. The highest BCUT2D eigenvalue weighted by Crippen LogP contribution is 2.11. The number of thiazole rings is 1. The normalized spacial score (nSPS) is 9.70. The lowest BCUT2D eigenvalue weighted by atomic mass is 10.0. The zero-order valence-electron chi connectivity index (χ0n) is 11.1. The fourth-order valence-electron chi connectivity index (χ4n) is 1.69. The third kappa shape index (κ3) is 3.67. The number of nitrogens with two attached hydrogens (primary N) is 1. The van der Waals surface area contributed by atoms with Crippen molar-refractivity contribution in [3.8, 4) is 11.8 Å². The summed E-state index contributed by atoms with van der Waals surface area (Å²) in [5.74, 6) is 5.59. The molecule has 0 atom stereocenters. The molecule has 0 fully saturated rings. The molecule has 1 aromatic heterocycles. The van der Waals surface area contributed by atoms with Gasteiger partial charge < -0.3 is 11.1 Å². The van der Waals surface area contributed by atoms with Gasteiger partial charge in [0.2, 0.25) is 0 Å². The van der Waals surface area contributed by atoms with Gasteiger partial charge in [0.05, 0.1) is 24.3 Å². The molecule has 3 N–H and O–H groups in total. The Kier molecular flexibility index (Phi) is 4.88. The van der Waals surface area contributed by atoms with Crippen LogP contribution in [0.4, 0.5) is 0 Å². The van der Waals surface area contributed by atoms with Gasteiger partial charge >= 0.3 is 0 Å². The highest BCUT2D eigenvalue weighted by atomic mass is 32.1. The van der Waals surface area contributed by atoms with Crippen molar-refractivity contribution in [2.24, 2.45) is 5.73 Å². The lowest BCUT2D eigenvalue weighted by Gasteiger charge is -2.07. The topological polar surface area (TPSA) is 68.0 Å². The van der Waals surface area contributed by atoms with Crippen LogP contribution >= 0.6 is 11.3 Å². The fraction of sp³-hybridized carbons (Fsp3) is 0.200. The molecule has 0 saturated heterocycles. The predicted octanol–water partition coefficient (Wildman–Crippen LogP) is 1.69. The summed E-state index contributed by atoms with van der Waals surface area (Å²) in [6.07, 6.45) is 0. The van der Waals surface area contributed by atoms with Gasteiger partial charge in [-0.05, 0) is 24.6 Å². The molecular formula is C15H15N3OS. The number of benzene rings is 1. The van der Waals surface area contributed by atoms with Crippen molar-refractivity contribution in [2.45, 2.75) is 13.5 Å². The predicted molar refractivity (Wildman–Crippen MR) is 80.4 cm³/mol. The minimum Gasteiger partial charge on any atom is -0.346 e. The van der Waals surface area contributed by atoms with E-state index in [1.807, 2.05) is 24.4 Å². The number of hydrogen-bond donors (Lipinski definition) is 2. The largest absolute Gasteiger partial charge is 0.346 e. The minimum absolute atomic E-state index is 0.119. The number of nitrogens with one attached hydrogen (secondary N) is 1. The Bertz CT molecular complexity index is 653. The van der Waals surface area contributed by atoms with Crippen LogP contribution in [0, 0.1) is 18.8 Å². The van der Waals surface area contributed by atoms with Gasteiger partial charge in [0, 0.05) is 16.5 Å². The van der Waals surface area contributed by atoms with Gasteiger partial charge in [-0.3, -0.25) is 4.79 Å². The molecule has 0 saturated carbocycles. The van der Waals surface area contributed by atoms with E-state index in [4.69, 9.17) is 5.73 Å². The minimum atomic E-state index is -0.119. The number of aryl methyl sites for hydroxylation is 1. The lowest BCUT2D eigenvalue weighted by molar-refractivity contribution is 0.0950. The molecule has 20 heavy (non-hydrogen) atoms. The average Bonchev–Trinajstić information content (AvgIpc) is 2.97. The number of hydrogen-bond acceptors (Lipinski definition) is 4. The summed E-state index contributed by atoms with van der Waals surface area (Å²) in [6, 6.07) is 5.56. The van der Waals surface area contributed by atoms with E-state index in [0.29, 0.717) is 18.7 Å². The SMILES string of the molecule is Cc1ccc(C#CCN)cc1C(=O)NCc1cscn1. The molecule has 0 aliphatic rings. The first kappa shape index (κ1) is 14.3. The van der Waals surface area contributed by atoms with Gasteiger partial charge in [-0.1, -0.05) is 17.9 Å². The Hall–Kier alpha value is -2.16. The highest BCUT2D eigenvalue weighted by Gasteiger charge is 2.09. The molecule has 2 rings (SSSR count). The second kappa shape index (κ2) is 6.85. The van der Waals surface area contributed by atoms with Gasteiger partial charge in [-0.15, -0.1) is 11.3 Å². The second-order valence-electron chi connectivity index (χ2n) is 4.20. The second-order valence-corrected chi connectivity index (χ2v) is 4.92. The maximum Gasteiger partial charge on any atom is 0.251 e. The Morgan fingerprint density at radius 2 is 2.35 bits per heavy atom. The molecule has 0 aliphatic carbocycles. The molecule has 0 radical (unpaired) electrons. The van der Waals surface area contributed by atoms with Gasteiger partial charge in [0.25, 0.3) is 5.91 Å². The summed E-state index contributed by atoms with van der Waals surface area (Å²) in [4.78, 5) is 16.3. The van der Waals surface area contributed by atoms with Crippen LogP contribution in [0.2, 0.25) is 0 Å². The van der Waals surface area contributed by atoms with Gasteiger partial charge in [-0.25, -0.2) is 4.98 Å². The zero-order chi connectivity index (χ0) is 14.4. The molecule has 2 aromatic rings. The Morgan fingerprint density at radius 1 is 1.50 bits per heavy atom. The van der Waals surface area contributed by atoms with E-state index in [9.17, 15) is 4.79 Å². The molecule has 4 nitrogen and oxygen atoms in total. The molecule has 102 valence electrons. The van der Waals surface area contributed by atoms with E-state index in [0.717, 1.165) is 16.8 Å². The van der Waals surface area contributed by atoms with Crippen molar-refractivity contribution in [2.75, 3.05) is 6.54 Å². The first-order chi connectivity index (χ1) is 9.70. The highest BCUT2D eigenvalue weighted by molar-refractivity contribution is 7.07. The van der Waals surface area contributed by atoms with Gasteiger partial charge in [-0.2, -0.15) is 0 Å². The average molecular weight is 285 g/mol. The van der Waals surface area contributed by atoms with E-state index in [2.05, 4.69) is 22.1 Å². The first-order valence-corrected chi connectivity index (χ1v) is 7.10. The van der Waals surface area contributed by atoms with Crippen LogP contribution < -0.4 is 11.1 Å². The molecule has 1 heterocycles. The molecule has 1 aromatic carbocycles. The molecule has 0 spiro atoms. The maximum atomic E-state index is 12.2.